The molecule has 1 aromatic heterocycles. The first-order valence-corrected chi connectivity index (χ1v) is 7.34. The second-order valence-corrected chi connectivity index (χ2v) is 5.24. The molecule has 2 rings (SSSR count). The molecule has 0 saturated carbocycles. The molecule has 1 heterocycles. The van der Waals surface area contributed by atoms with Crippen molar-refractivity contribution in [1.29, 1.82) is 5.26 Å². The van der Waals surface area contributed by atoms with Gasteiger partial charge in [0.2, 0.25) is 0 Å². The summed E-state index contributed by atoms with van der Waals surface area (Å²) in [5.41, 5.74) is 1.98. The highest BCUT2D eigenvalue weighted by molar-refractivity contribution is 7.13. The number of ether oxygens (including phenoxy) is 1. The lowest BCUT2D eigenvalue weighted by Gasteiger charge is -2.15. The van der Waals surface area contributed by atoms with Crippen molar-refractivity contribution >= 4 is 22.4 Å². The van der Waals surface area contributed by atoms with Gasteiger partial charge in [-0.1, -0.05) is 12.1 Å². The predicted octanol–water partition coefficient (Wildman–Crippen LogP) is 2.83. The molecular formula is C15H15N3O2S. The Kier molecular flexibility index (Phi) is 4.90. The Hall–Kier alpha value is -2.39. The van der Waals surface area contributed by atoms with Gasteiger partial charge in [-0.3, -0.25) is 0 Å². The minimum absolute atomic E-state index is 0.328. The molecule has 0 aliphatic heterocycles. The number of nitrogens with zero attached hydrogens (tertiary/aromatic N) is 3. The van der Waals surface area contributed by atoms with Gasteiger partial charge in [0.25, 0.3) is 0 Å². The summed E-state index contributed by atoms with van der Waals surface area (Å²) < 4.78 is 4.92. The summed E-state index contributed by atoms with van der Waals surface area (Å²) >= 11 is 1.39. The highest BCUT2D eigenvalue weighted by Crippen LogP contribution is 2.21. The largest absolute Gasteiger partial charge is 0.461 e. The summed E-state index contributed by atoms with van der Waals surface area (Å²) in [5.74, 6) is -0.403. The van der Waals surface area contributed by atoms with Crippen molar-refractivity contribution in [2.75, 3.05) is 18.6 Å². The zero-order chi connectivity index (χ0) is 15.2. The number of benzene rings is 1. The number of hydrogen-bond acceptors (Lipinski definition) is 6. The van der Waals surface area contributed by atoms with E-state index in [1.807, 2.05) is 30.1 Å². The Morgan fingerprint density at radius 1 is 1.52 bits per heavy atom. The van der Waals surface area contributed by atoms with E-state index >= 15 is 0 Å². The van der Waals surface area contributed by atoms with Crippen LogP contribution in [0.1, 0.15) is 28.5 Å². The number of esters is 1. The molecule has 6 heteroatoms. The summed E-state index contributed by atoms with van der Waals surface area (Å²) in [6, 6.07) is 9.54. The van der Waals surface area contributed by atoms with Gasteiger partial charge in [0.05, 0.1) is 18.2 Å². The van der Waals surface area contributed by atoms with Gasteiger partial charge in [0.15, 0.2) is 10.8 Å². The van der Waals surface area contributed by atoms with Crippen LogP contribution in [0.15, 0.2) is 29.6 Å². The van der Waals surface area contributed by atoms with Crippen LogP contribution in [0, 0.1) is 11.3 Å². The van der Waals surface area contributed by atoms with Crippen molar-refractivity contribution in [2.45, 2.75) is 13.5 Å². The van der Waals surface area contributed by atoms with Crippen molar-refractivity contribution in [3.05, 3.63) is 46.5 Å². The Balaban J connectivity index is 2.08. The van der Waals surface area contributed by atoms with E-state index in [1.165, 1.54) is 11.3 Å². The minimum atomic E-state index is -0.403. The molecule has 5 nitrogen and oxygen atoms in total. The molecule has 0 bridgehead atoms. The van der Waals surface area contributed by atoms with Crippen LogP contribution in [0.2, 0.25) is 0 Å². The SMILES string of the molecule is CCOC(=O)c1csc(N(C)Cc2cccc(C#N)c2)n1. The standard InChI is InChI=1S/C15H15N3O2S/c1-3-20-14(19)13-10-21-15(17-13)18(2)9-12-6-4-5-11(7-12)8-16/h4-7,10H,3,9H2,1-2H3. The third-order valence-electron chi connectivity index (χ3n) is 2.78. The Bertz CT molecular complexity index is 676. The molecule has 2 aromatic rings. The third kappa shape index (κ3) is 3.80. The second kappa shape index (κ2) is 6.86. The first kappa shape index (κ1) is 15.0. The maximum absolute atomic E-state index is 11.6. The van der Waals surface area contributed by atoms with Crippen LogP contribution in [-0.4, -0.2) is 24.6 Å². The third-order valence-corrected chi connectivity index (χ3v) is 3.73. The van der Waals surface area contributed by atoms with E-state index < -0.39 is 5.97 Å². The minimum Gasteiger partial charge on any atom is -0.461 e. The molecule has 0 amide bonds. The molecule has 0 fully saturated rings. The monoisotopic (exact) mass is 301 g/mol. The number of hydrogen-bond donors (Lipinski definition) is 0. The van der Waals surface area contributed by atoms with Crippen molar-refractivity contribution in [3.8, 4) is 6.07 Å². The van der Waals surface area contributed by atoms with Gasteiger partial charge in [-0.2, -0.15) is 5.26 Å². The number of anilines is 1. The van der Waals surface area contributed by atoms with Crippen molar-refractivity contribution in [3.63, 3.8) is 0 Å². The van der Waals surface area contributed by atoms with E-state index in [4.69, 9.17) is 10.00 Å². The Morgan fingerprint density at radius 3 is 3.05 bits per heavy atom. The quantitative estimate of drug-likeness (QED) is 0.794. The Morgan fingerprint density at radius 2 is 2.33 bits per heavy atom. The van der Waals surface area contributed by atoms with Crippen LogP contribution in [-0.2, 0) is 11.3 Å². The molecule has 0 unspecified atom stereocenters. The van der Waals surface area contributed by atoms with E-state index in [-0.39, 0.29) is 0 Å². The van der Waals surface area contributed by atoms with E-state index in [1.54, 1.807) is 18.4 Å². The molecule has 21 heavy (non-hydrogen) atoms. The second-order valence-electron chi connectivity index (χ2n) is 4.40. The van der Waals surface area contributed by atoms with E-state index in [2.05, 4.69) is 11.1 Å². The fourth-order valence-corrected chi connectivity index (χ4v) is 2.58. The fourth-order valence-electron chi connectivity index (χ4n) is 1.82. The van der Waals surface area contributed by atoms with Gasteiger partial charge in [-0.25, -0.2) is 9.78 Å². The average molecular weight is 301 g/mol. The first-order chi connectivity index (χ1) is 10.1. The summed E-state index contributed by atoms with van der Waals surface area (Å²) in [6.07, 6.45) is 0. The average Bonchev–Trinajstić information content (AvgIpc) is 2.98. The number of carbonyl (C=O) groups excluding carboxylic acids is 1. The lowest BCUT2D eigenvalue weighted by molar-refractivity contribution is 0.0520. The molecule has 0 spiro atoms. The number of thiazole rings is 1. The van der Waals surface area contributed by atoms with Crippen LogP contribution >= 0.6 is 11.3 Å². The molecule has 0 radical (unpaired) electrons. The molecule has 0 saturated heterocycles. The van der Waals surface area contributed by atoms with Crippen molar-refractivity contribution in [1.82, 2.24) is 4.98 Å². The summed E-state index contributed by atoms with van der Waals surface area (Å²) in [4.78, 5) is 17.8. The summed E-state index contributed by atoms with van der Waals surface area (Å²) in [5, 5.41) is 11.3. The van der Waals surface area contributed by atoms with Gasteiger partial charge in [-0.15, -0.1) is 11.3 Å². The normalized spacial score (nSPS) is 9.95. The molecule has 0 aliphatic rings. The number of aromatic nitrogens is 1. The smallest absolute Gasteiger partial charge is 0.357 e. The zero-order valence-electron chi connectivity index (χ0n) is 11.9. The lowest BCUT2D eigenvalue weighted by Crippen LogP contribution is -2.16. The van der Waals surface area contributed by atoms with Crippen molar-refractivity contribution < 1.29 is 9.53 Å². The maximum atomic E-state index is 11.6. The number of nitriles is 1. The van der Waals surface area contributed by atoms with Crippen LogP contribution in [0.25, 0.3) is 0 Å². The highest BCUT2D eigenvalue weighted by atomic mass is 32.1. The number of carbonyl (C=O) groups is 1. The highest BCUT2D eigenvalue weighted by Gasteiger charge is 2.14. The van der Waals surface area contributed by atoms with Gasteiger partial charge < -0.3 is 9.64 Å². The van der Waals surface area contributed by atoms with Crippen LogP contribution in [0.5, 0.6) is 0 Å². The molecule has 1 aromatic carbocycles. The molecule has 0 aliphatic carbocycles. The van der Waals surface area contributed by atoms with Gasteiger partial charge in [0, 0.05) is 19.0 Å². The molecule has 108 valence electrons. The predicted molar refractivity (Wildman–Crippen MR) is 81.3 cm³/mol. The summed E-state index contributed by atoms with van der Waals surface area (Å²) in [7, 11) is 1.90. The van der Waals surface area contributed by atoms with E-state index in [0.29, 0.717) is 24.4 Å². The molecule has 0 N–H and O–H groups in total. The molecular weight excluding hydrogens is 286 g/mol. The number of rotatable bonds is 5. The van der Waals surface area contributed by atoms with Gasteiger partial charge in [0.1, 0.15) is 0 Å². The fraction of sp³-hybridized carbons (Fsp3) is 0.267. The van der Waals surface area contributed by atoms with Gasteiger partial charge in [-0.05, 0) is 24.6 Å². The topological polar surface area (TPSA) is 66.2 Å². The lowest BCUT2D eigenvalue weighted by atomic mass is 10.1. The van der Waals surface area contributed by atoms with Crippen LogP contribution in [0.3, 0.4) is 0 Å². The van der Waals surface area contributed by atoms with Crippen LogP contribution in [0.4, 0.5) is 5.13 Å². The first-order valence-electron chi connectivity index (χ1n) is 6.47. The van der Waals surface area contributed by atoms with Gasteiger partial charge >= 0.3 is 5.97 Å². The van der Waals surface area contributed by atoms with E-state index in [0.717, 1.165) is 10.7 Å². The van der Waals surface area contributed by atoms with Crippen LogP contribution < -0.4 is 4.90 Å². The Labute approximate surface area is 127 Å². The molecule has 0 atom stereocenters. The van der Waals surface area contributed by atoms with E-state index in [9.17, 15) is 4.79 Å². The maximum Gasteiger partial charge on any atom is 0.357 e. The summed E-state index contributed by atoms with van der Waals surface area (Å²) in [6.45, 7) is 2.72. The van der Waals surface area contributed by atoms with Crippen molar-refractivity contribution in [2.24, 2.45) is 0 Å². The zero-order valence-corrected chi connectivity index (χ0v) is 12.7.